The van der Waals surface area contributed by atoms with Crippen LogP contribution in [0.4, 0.5) is 9.18 Å². The lowest BCUT2D eigenvalue weighted by atomic mass is 10.1. The van der Waals surface area contributed by atoms with Crippen LogP contribution in [0.15, 0.2) is 48.5 Å². The minimum Gasteiger partial charge on any atom is -0.492 e. The number of nitrogens with one attached hydrogen (secondary N) is 2. The third-order valence-electron chi connectivity index (χ3n) is 4.51. The highest BCUT2D eigenvalue weighted by molar-refractivity contribution is 5.73. The first kappa shape index (κ1) is 20.1. The van der Waals surface area contributed by atoms with E-state index in [1.54, 1.807) is 12.1 Å². The Morgan fingerprint density at radius 1 is 1.07 bits per heavy atom. The smallest absolute Gasteiger partial charge is 0.315 e. The highest BCUT2D eigenvalue weighted by Crippen LogP contribution is 2.13. The zero-order valence-electron chi connectivity index (χ0n) is 15.8. The van der Waals surface area contributed by atoms with Crippen molar-refractivity contribution in [1.82, 2.24) is 15.5 Å². The Kier molecular flexibility index (Phi) is 7.63. The molecule has 28 heavy (non-hydrogen) atoms. The van der Waals surface area contributed by atoms with Crippen molar-refractivity contribution < 1.29 is 18.7 Å². The molecule has 1 aliphatic heterocycles. The molecule has 150 valence electrons. The number of hydrogen-bond acceptors (Lipinski definition) is 4. The summed E-state index contributed by atoms with van der Waals surface area (Å²) in [4.78, 5) is 14.4. The van der Waals surface area contributed by atoms with Crippen LogP contribution in [-0.4, -0.2) is 50.4 Å². The number of rotatable bonds is 8. The number of nitrogens with zero attached hydrogens (tertiary/aromatic N) is 1. The van der Waals surface area contributed by atoms with E-state index in [-0.39, 0.29) is 18.5 Å². The highest BCUT2D eigenvalue weighted by Gasteiger charge is 2.13. The van der Waals surface area contributed by atoms with Crippen molar-refractivity contribution in [3.8, 4) is 5.75 Å². The van der Waals surface area contributed by atoms with E-state index in [1.165, 1.54) is 17.7 Å². The fourth-order valence-electron chi connectivity index (χ4n) is 3.01. The molecule has 1 fully saturated rings. The molecule has 0 radical (unpaired) electrons. The van der Waals surface area contributed by atoms with Gasteiger partial charge in [-0.2, -0.15) is 0 Å². The number of carbonyl (C=O) groups is 1. The second kappa shape index (κ2) is 10.6. The summed E-state index contributed by atoms with van der Waals surface area (Å²) in [6, 6.07) is 13.8. The first-order chi connectivity index (χ1) is 13.7. The Morgan fingerprint density at radius 2 is 1.86 bits per heavy atom. The molecule has 0 saturated carbocycles. The van der Waals surface area contributed by atoms with Crippen LogP contribution >= 0.6 is 0 Å². The topological polar surface area (TPSA) is 62.8 Å². The predicted molar refractivity (Wildman–Crippen MR) is 105 cm³/mol. The molecule has 1 aliphatic rings. The number of benzene rings is 2. The van der Waals surface area contributed by atoms with E-state index in [0.29, 0.717) is 18.8 Å². The lowest BCUT2D eigenvalue weighted by Crippen LogP contribution is -2.38. The average molecular weight is 387 g/mol. The van der Waals surface area contributed by atoms with Crippen molar-refractivity contribution in [3.05, 3.63) is 65.5 Å². The molecular formula is C21H26FN3O3. The van der Waals surface area contributed by atoms with E-state index in [2.05, 4.69) is 21.6 Å². The molecule has 3 rings (SSSR count). The fourth-order valence-corrected chi connectivity index (χ4v) is 3.01. The van der Waals surface area contributed by atoms with Crippen molar-refractivity contribution in [3.63, 3.8) is 0 Å². The van der Waals surface area contributed by atoms with E-state index in [1.807, 2.05) is 18.2 Å². The number of amides is 2. The van der Waals surface area contributed by atoms with E-state index < -0.39 is 0 Å². The maximum Gasteiger partial charge on any atom is 0.315 e. The number of urea groups is 1. The predicted octanol–water partition coefficient (Wildman–Crippen LogP) is 2.54. The van der Waals surface area contributed by atoms with Gasteiger partial charge in [0.05, 0.1) is 19.8 Å². The van der Waals surface area contributed by atoms with Crippen molar-refractivity contribution >= 4 is 6.03 Å². The zero-order chi connectivity index (χ0) is 19.6. The monoisotopic (exact) mass is 387 g/mol. The van der Waals surface area contributed by atoms with Crippen LogP contribution in [-0.2, 0) is 17.8 Å². The second-order valence-electron chi connectivity index (χ2n) is 6.57. The maximum atomic E-state index is 13.1. The third kappa shape index (κ3) is 6.51. The average Bonchev–Trinajstić information content (AvgIpc) is 2.71. The van der Waals surface area contributed by atoms with Gasteiger partial charge in [0.1, 0.15) is 18.2 Å². The van der Waals surface area contributed by atoms with Crippen LogP contribution in [0.1, 0.15) is 11.1 Å². The van der Waals surface area contributed by atoms with Crippen LogP contribution in [0, 0.1) is 5.82 Å². The van der Waals surface area contributed by atoms with Gasteiger partial charge in [-0.1, -0.05) is 30.3 Å². The van der Waals surface area contributed by atoms with Gasteiger partial charge in [0.2, 0.25) is 0 Å². The summed E-state index contributed by atoms with van der Waals surface area (Å²) in [5, 5.41) is 5.62. The molecule has 7 heteroatoms. The van der Waals surface area contributed by atoms with Crippen LogP contribution in [0.25, 0.3) is 0 Å². The van der Waals surface area contributed by atoms with E-state index in [9.17, 15) is 9.18 Å². The van der Waals surface area contributed by atoms with Crippen LogP contribution in [0.5, 0.6) is 5.75 Å². The SMILES string of the molecule is O=C(NCCOc1cccc(F)c1)NCc1ccccc1CN1CCOCC1. The highest BCUT2D eigenvalue weighted by atomic mass is 19.1. The standard InChI is InChI=1S/C21H26FN3O3/c22-19-6-3-7-20(14-19)28-11-8-23-21(26)24-15-17-4-1-2-5-18(17)16-25-9-12-27-13-10-25/h1-7,14H,8-13,15-16H2,(H2,23,24,26). The zero-order valence-corrected chi connectivity index (χ0v) is 15.8. The Labute approximate surface area is 164 Å². The third-order valence-corrected chi connectivity index (χ3v) is 4.51. The molecule has 1 saturated heterocycles. The Morgan fingerprint density at radius 3 is 2.64 bits per heavy atom. The summed E-state index contributed by atoms with van der Waals surface area (Å²) in [5.74, 6) is 0.0956. The van der Waals surface area contributed by atoms with Crippen LogP contribution in [0.3, 0.4) is 0 Å². The van der Waals surface area contributed by atoms with Crippen LogP contribution < -0.4 is 15.4 Å². The Hall–Kier alpha value is -2.64. The largest absolute Gasteiger partial charge is 0.492 e. The summed E-state index contributed by atoms with van der Waals surface area (Å²) >= 11 is 0. The van der Waals surface area contributed by atoms with Crippen molar-refractivity contribution in [2.24, 2.45) is 0 Å². The van der Waals surface area contributed by atoms with Gasteiger partial charge < -0.3 is 20.1 Å². The van der Waals surface area contributed by atoms with Gasteiger partial charge in [0.15, 0.2) is 0 Å². The molecule has 0 unspecified atom stereocenters. The summed E-state index contributed by atoms with van der Waals surface area (Å²) in [7, 11) is 0. The molecule has 2 aromatic carbocycles. The molecule has 2 aromatic rings. The molecule has 6 nitrogen and oxygen atoms in total. The van der Waals surface area contributed by atoms with Gasteiger partial charge in [0, 0.05) is 32.2 Å². The van der Waals surface area contributed by atoms with Gasteiger partial charge in [-0.3, -0.25) is 4.90 Å². The van der Waals surface area contributed by atoms with Gasteiger partial charge in [-0.05, 0) is 23.3 Å². The van der Waals surface area contributed by atoms with Crippen molar-refractivity contribution in [1.29, 1.82) is 0 Å². The first-order valence-corrected chi connectivity index (χ1v) is 9.47. The summed E-state index contributed by atoms with van der Waals surface area (Å²) in [6.45, 7) is 5.28. The van der Waals surface area contributed by atoms with Gasteiger partial charge in [-0.15, -0.1) is 0 Å². The molecule has 2 N–H and O–H groups in total. The Balaban J connectivity index is 1.39. The summed E-state index contributed by atoms with van der Waals surface area (Å²) in [6.07, 6.45) is 0. The lowest BCUT2D eigenvalue weighted by molar-refractivity contribution is 0.0341. The lowest BCUT2D eigenvalue weighted by Gasteiger charge is -2.27. The molecule has 0 aliphatic carbocycles. The van der Waals surface area contributed by atoms with Crippen molar-refractivity contribution in [2.45, 2.75) is 13.1 Å². The number of carbonyl (C=O) groups excluding carboxylic acids is 1. The second-order valence-corrected chi connectivity index (χ2v) is 6.57. The van der Waals surface area contributed by atoms with Gasteiger partial charge in [-0.25, -0.2) is 9.18 Å². The molecule has 1 heterocycles. The molecule has 0 aromatic heterocycles. The quantitative estimate of drug-likeness (QED) is 0.684. The number of morpholine rings is 1. The van der Waals surface area contributed by atoms with Gasteiger partial charge >= 0.3 is 6.03 Å². The van der Waals surface area contributed by atoms with Crippen LogP contribution in [0.2, 0.25) is 0 Å². The van der Waals surface area contributed by atoms with E-state index >= 15 is 0 Å². The number of halogens is 1. The minimum absolute atomic E-state index is 0.260. The molecule has 0 atom stereocenters. The van der Waals surface area contributed by atoms with E-state index in [4.69, 9.17) is 9.47 Å². The molecule has 0 bridgehead atoms. The maximum absolute atomic E-state index is 13.1. The Bertz CT molecular complexity index is 766. The van der Waals surface area contributed by atoms with Gasteiger partial charge in [0.25, 0.3) is 0 Å². The minimum atomic E-state index is -0.348. The number of hydrogen-bond donors (Lipinski definition) is 2. The molecular weight excluding hydrogens is 361 g/mol. The van der Waals surface area contributed by atoms with E-state index in [0.717, 1.165) is 38.4 Å². The summed E-state index contributed by atoms with van der Waals surface area (Å²) < 4.78 is 23.9. The molecule has 2 amide bonds. The van der Waals surface area contributed by atoms with Crippen molar-refractivity contribution in [2.75, 3.05) is 39.5 Å². The normalized spacial score (nSPS) is 14.5. The summed E-state index contributed by atoms with van der Waals surface area (Å²) in [5.41, 5.74) is 2.30. The fraction of sp³-hybridized carbons (Fsp3) is 0.381. The molecule has 0 spiro atoms. The number of ether oxygens (including phenoxy) is 2. The first-order valence-electron chi connectivity index (χ1n) is 9.47.